The van der Waals surface area contributed by atoms with Crippen LogP contribution in [-0.4, -0.2) is 20.0 Å². The van der Waals surface area contributed by atoms with Gasteiger partial charge in [0.1, 0.15) is 0 Å². The smallest absolute Gasteiger partial charge is 0.163 e. The number of carbonyl (C=O) groups is 1. The number of rotatable bonds is 7. The summed E-state index contributed by atoms with van der Waals surface area (Å²) in [5.41, 5.74) is 9.10. The van der Waals surface area contributed by atoms with Gasteiger partial charge in [-0.3, -0.25) is 4.79 Å². The Labute approximate surface area is 186 Å². The largest absolute Gasteiger partial charge is 0.294 e. The Bertz CT molecular complexity index is 1180. The molecule has 4 heteroatoms. The summed E-state index contributed by atoms with van der Waals surface area (Å²) in [5.74, 6) is -0.308. The molecule has 0 aliphatic heterocycles. The second-order valence-corrected chi connectivity index (χ2v) is 10.5. The summed E-state index contributed by atoms with van der Waals surface area (Å²) in [6, 6.07) is 17.3. The van der Waals surface area contributed by atoms with Crippen molar-refractivity contribution in [3.63, 3.8) is 0 Å². The van der Waals surface area contributed by atoms with E-state index < -0.39 is 9.84 Å². The number of Topliss-reactive ketones (excluding diaryl/α,β-unsaturated/α-hetero) is 1. The van der Waals surface area contributed by atoms with Crippen molar-refractivity contribution >= 4 is 15.6 Å². The lowest BCUT2D eigenvalue weighted by atomic mass is 9.90. The molecule has 0 aliphatic rings. The molecule has 0 saturated heterocycles. The Morgan fingerprint density at radius 3 is 1.71 bits per heavy atom. The molecule has 0 fully saturated rings. The van der Waals surface area contributed by atoms with E-state index >= 15 is 0 Å². The topological polar surface area (TPSA) is 51.2 Å². The molecule has 0 atom stereocenters. The van der Waals surface area contributed by atoms with Crippen LogP contribution in [0.25, 0.3) is 11.1 Å². The number of benzene rings is 3. The van der Waals surface area contributed by atoms with E-state index in [1.165, 1.54) is 5.56 Å². The SMILES string of the molecule is Cc1c(C)c(C)c(CS(=O)(=O)CCC(=O)c2ccc(-c3ccccc3)cc2)c(C)c1C. The quantitative estimate of drug-likeness (QED) is 0.423. The van der Waals surface area contributed by atoms with Crippen molar-refractivity contribution in [1.29, 1.82) is 0 Å². The van der Waals surface area contributed by atoms with E-state index in [4.69, 9.17) is 0 Å². The molecule has 0 N–H and O–H groups in total. The summed E-state index contributed by atoms with van der Waals surface area (Å²) >= 11 is 0. The highest BCUT2D eigenvalue weighted by Gasteiger charge is 2.20. The first kappa shape index (κ1) is 23.0. The fraction of sp³-hybridized carbons (Fsp3) is 0.296. The maximum Gasteiger partial charge on any atom is 0.163 e. The highest BCUT2D eigenvalue weighted by molar-refractivity contribution is 7.90. The van der Waals surface area contributed by atoms with E-state index in [1.807, 2.05) is 70.2 Å². The molecule has 0 spiro atoms. The normalized spacial score (nSPS) is 11.5. The fourth-order valence-corrected chi connectivity index (χ4v) is 5.47. The average Bonchev–Trinajstić information content (AvgIpc) is 2.78. The highest BCUT2D eigenvalue weighted by Crippen LogP contribution is 2.28. The number of sulfone groups is 1. The second kappa shape index (κ2) is 9.19. The van der Waals surface area contributed by atoms with Gasteiger partial charge in [0.2, 0.25) is 0 Å². The first-order valence-corrected chi connectivity index (χ1v) is 12.4. The molecule has 3 aromatic carbocycles. The molecule has 3 rings (SSSR count). The maximum absolute atomic E-state index is 12.8. The van der Waals surface area contributed by atoms with Crippen molar-refractivity contribution in [2.24, 2.45) is 0 Å². The predicted molar refractivity (Wildman–Crippen MR) is 128 cm³/mol. The van der Waals surface area contributed by atoms with Crippen molar-refractivity contribution in [2.45, 2.75) is 46.8 Å². The molecule has 0 aliphatic carbocycles. The number of hydrogen-bond donors (Lipinski definition) is 0. The minimum atomic E-state index is -3.40. The van der Waals surface area contributed by atoms with E-state index in [0.717, 1.165) is 38.9 Å². The first-order valence-electron chi connectivity index (χ1n) is 10.6. The number of hydrogen-bond acceptors (Lipinski definition) is 3. The van der Waals surface area contributed by atoms with Crippen LogP contribution in [0.5, 0.6) is 0 Å². The van der Waals surface area contributed by atoms with Crippen LogP contribution in [0.15, 0.2) is 54.6 Å². The van der Waals surface area contributed by atoms with Crippen molar-refractivity contribution in [2.75, 3.05) is 5.75 Å². The summed E-state index contributed by atoms with van der Waals surface area (Å²) in [6.45, 7) is 10.1. The molecule has 0 bridgehead atoms. The van der Waals surface area contributed by atoms with E-state index in [-0.39, 0.29) is 23.7 Å². The summed E-state index contributed by atoms with van der Waals surface area (Å²) < 4.78 is 25.7. The molecule has 0 heterocycles. The van der Waals surface area contributed by atoms with Crippen LogP contribution in [0, 0.1) is 34.6 Å². The van der Waals surface area contributed by atoms with Gasteiger partial charge >= 0.3 is 0 Å². The zero-order chi connectivity index (χ0) is 22.8. The number of carbonyl (C=O) groups excluding carboxylic acids is 1. The van der Waals surface area contributed by atoms with E-state index in [9.17, 15) is 13.2 Å². The Balaban J connectivity index is 1.70. The van der Waals surface area contributed by atoms with Crippen molar-refractivity contribution < 1.29 is 13.2 Å². The van der Waals surface area contributed by atoms with Crippen LogP contribution < -0.4 is 0 Å². The van der Waals surface area contributed by atoms with E-state index in [2.05, 4.69) is 6.92 Å². The minimum Gasteiger partial charge on any atom is -0.294 e. The van der Waals surface area contributed by atoms with Crippen LogP contribution >= 0.6 is 0 Å². The van der Waals surface area contributed by atoms with Crippen LogP contribution in [0.1, 0.15) is 50.2 Å². The average molecular weight is 435 g/mol. The molecule has 3 aromatic rings. The summed E-state index contributed by atoms with van der Waals surface area (Å²) in [7, 11) is -3.40. The van der Waals surface area contributed by atoms with Crippen LogP contribution in [-0.2, 0) is 15.6 Å². The monoisotopic (exact) mass is 434 g/mol. The van der Waals surface area contributed by atoms with Crippen molar-refractivity contribution in [1.82, 2.24) is 0 Å². The zero-order valence-electron chi connectivity index (χ0n) is 19.0. The zero-order valence-corrected chi connectivity index (χ0v) is 19.8. The van der Waals surface area contributed by atoms with Crippen molar-refractivity contribution in [3.05, 3.63) is 93.5 Å². The van der Waals surface area contributed by atoms with Gasteiger partial charge in [-0.1, -0.05) is 54.6 Å². The lowest BCUT2D eigenvalue weighted by Crippen LogP contribution is -2.16. The molecule has 31 heavy (non-hydrogen) atoms. The third kappa shape index (κ3) is 5.13. The standard InChI is InChI=1S/C27H30O3S/c1-18-19(2)21(4)26(22(5)20(18)3)17-31(29,30)16-15-27(28)25-13-11-24(12-14-25)23-9-7-6-8-10-23/h6-14H,15-17H2,1-5H3. The van der Waals surface area contributed by atoms with Crippen LogP contribution in [0.3, 0.4) is 0 Å². The third-order valence-electron chi connectivity index (χ3n) is 6.47. The van der Waals surface area contributed by atoms with Gasteiger partial charge in [0.05, 0.1) is 11.5 Å². The molecule has 162 valence electrons. The van der Waals surface area contributed by atoms with Gasteiger partial charge in [-0.05, 0) is 79.1 Å². The molecule has 0 unspecified atom stereocenters. The lowest BCUT2D eigenvalue weighted by molar-refractivity contribution is 0.0989. The molecule has 0 aromatic heterocycles. The van der Waals surface area contributed by atoms with Gasteiger partial charge in [0.15, 0.2) is 15.6 Å². The summed E-state index contributed by atoms with van der Waals surface area (Å²) in [6.07, 6.45) is -0.00502. The maximum atomic E-state index is 12.8. The van der Waals surface area contributed by atoms with Gasteiger partial charge in [-0.25, -0.2) is 8.42 Å². The third-order valence-corrected chi connectivity index (χ3v) is 8.03. The van der Waals surface area contributed by atoms with Crippen LogP contribution in [0.2, 0.25) is 0 Å². The van der Waals surface area contributed by atoms with Gasteiger partial charge in [-0.2, -0.15) is 0 Å². The molecule has 0 radical (unpaired) electrons. The van der Waals surface area contributed by atoms with Gasteiger partial charge in [-0.15, -0.1) is 0 Å². The summed E-state index contributed by atoms with van der Waals surface area (Å²) in [5, 5.41) is 0. The summed E-state index contributed by atoms with van der Waals surface area (Å²) in [4.78, 5) is 12.6. The molecular formula is C27H30O3S. The van der Waals surface area contributed by atoms with Gasteiger partial charge in [0.25, 0.3) is 0 Å². The molecular weight excluding hydrogens is 404 g/mol. The predicted octanol–water partition coefficient (Wildman–Crippen LogP) is 6.08. The Morgan fingerprint density at radius 2 is 1.16 bits per heavy atom. The van der Waals surface area contributed by atoms with E-state index in [0.29, 0.717) is 5.56 Å². The molecule has 0 saturated carbocycles. The number of ketones is 1. The van der Waals surface area contributed by atoms with E-state index in [1.54, 1.807) is 12.1 Å². The Morgan fingerprint density at radius 1 is 0.677 bits per heavy atom. The lowest BCUT2D eigenvalue weighted by Gasteiger charge is -2.18. The minimum absolute atomic E-state index is 0.00502. The van der Waals surface area contributed by atoms with Gasteiger partial charge in [0, 0.05) is 12.0 Å². The fourth-order valence-electron chi connectivity index (χ4n) is 3.96. The Hall–Kier alpha value is -2.72. The van der Waals surface area contributed by atoms with Crippen LogP contribution in [0.4, 0.5) is 0 Å². The highest BCUT2D eigenvalue weighted by atomic mass is 32.2. The second-order valence-electron chi connectivity index (χ2n) is 8.31. The molecule has 3 nitrogen and oxygen atoms in total. The van der Waals surface area contributed by atoms with Crippen molar-refractivity contribution in [3.8, 4) is 11.1 Å². The Kier molecular flexibility index (Phi) is 6.80. The van der Waals surface area contributed by atoms with Gasteiger partial charge < -0.3 is 0 Å². The molecule has 0 amide bonds. The first-order chi connectivity index (χ1) is 14.6.